The van der Waals surface area contributed by atoms with E-state index in [0.717, 1.165) is 7.11 Å². The molecule has 0 amide bonds. The van der Waals surface area contributed by atoms with Gasteiger partial charge in [-0.1, -0.05) is 13.8 Å². The molecule has 0 bridgehead atoms. The van der Waals surface area contributed by atoms with Gasteiger partial charge < -0.3 is 10.4 Å². The lowest BCUT2D eigenvalue weighted by Gasteiger charge is -1.59. The fourth-order valence-electron chi connectivity index (χ4n) is 0. The van der Waals surface area contributed by atoms with Crippen LogP contribution < -0.4 is 5.32 Å². The van der Waals surface area contributed by atoms with Gasteiger partial charge in [-0.2, -0.15) is 0 Å². The molecule has 0 aromatic rings. The van der Waals surface area contributed by atoms with E-state index in [1.165, 1.54) is 0 Å². The van der Waals surface area contributed by atoms with Crippen molar-refractivity contribution >= 4 is 0 Å². The number of nitrogens with one attached hydrogen (secondary N) is 1. The average molecular weight is 107 g/mol. The molecule has 0 aromatic carbocycles. The van der Waals surface area contributed by atoms with Crippen molar-refractivity contribution in [3.05, 3.63) is 0 Å². The van der Waals surface area contributed by atoms with Gasteiger partial charge in [0.25, 0.3) is 0 Å². The molecule has 0 aliphatic heterocycles. The number of aliphatic hydroxyl groups is 1. The smallest absolute Gasteiger partial charge is 0.0319 e. The highest BCUT2D eigenvalue weighted by molar-refractivity contribution is 3.91. The SMILES string of the molecule is CC.CNC.CO. The van der Waals surface area contributed by atoms with E-state index in [4.69, 9.17) is 5.11 Å². The van der Waals surface area contributed by atoms with Crippen LogP contribution in [0.1, 0.15) is 13.8 Å². The molecule has 0 aliphatic carbocycles. The largest absolute Gasteiger partial charge is 0.400 e. The minimum absolute atomic E-state index is 1.00. The number of aliphatic hydroxyl groups excluding tert-OH is 1. The highest BCUT2D eigenvalue weighted by atomic mass is 16.2. The molecule has 7 heavy (non-hydrogen) atoms. The van der Waals surface area contributed by atoms with Crippen molar-refractivity contribution in [2.75, 3.05) is 21.2 Å². The zero-order valence-electron chi connectivity index (χ0n) is 5.95. The molecule has 0 saturated heterocycles. The summed E-state index contributed by atoms with van der Waals surface area (Å²) in [7, 11) is 4.75. The van der Waals surface area contributed by atoms with Crippen LogP contribution in [-0.2, 0) is 0 Å². The third-order valence-corrected chi connectivity index (χ3v) is 0. The highest BCUT2D eigenvalue weighted by Gasteiger charge is 1.25. The molecule has 0 unspecified atom stereocenters. The Labute approximate surface area is 46.6 Å². The maximum Gasteiger partial charge on any atom is 0.0319 e. The second kappa shape index (κ2) is 169. The molecule has 0 heterocycles. The molecule has 2 heteroatoms. The zero-order chi connectivity index (χ0) is 6.71. The first kappa shape index (κ1) is 15.8. The Balaban J connectivity index is -0.0000000360. The van der Waals surface area contributed by atoms with Crippen molar-refractivity contribution in [3.63, 3.8) is 0 Å². The standard InChI is InChI=1S/C2H7N.C2H6.CH4O/c1-3-2;2*1-2/h3H,1-2H3;1-2H3;2H,1H3. The van der Waals surface area contributed by atoms with Gasteiger partial charge in [0.1, 0.15) is 0 Å². The molecule has 48 valence electrons. The van der Waals surface area contributed by atoms with E-state index in [0.29, 0.717) is 0 Å². The normalized spacial score (nSPS) is 4.29. The lowest BCUT2D eigenvalue weighted by atomic mass is 11.0. The summed E-state index contributed by atoms with van der Waals surface area (Å²) in [5.41, 5.74) is 0. The summed E-state index contributed by atoms with van der Waals surface area (Å²) >= 11 is 0. The van der Waals surface area contributed by atoms with Crippen molar-refractivity contribution < 1.29 is 5.11 Å². The monoisotopic (exact) mass is 107 g/mol. The molecule has 0 aromatic heterocycles. The van der Waals surface area contributed by atoms with Gasteiger partial charge in [0, 0.05) is 7.11 Å². The quantitative estimate of drug-likeness (QED) is 0.471. The van der Waals surface area contributed by atoms with Crippen molar-refractivity contribution in [2.24, 2.45) is 0 Å². The summed E-state index contributed by atoms with van der Waals surface area (Å²) in [4.78, 5) is 0. The molecule has 0 rings (SSSR count). The molecule has 2 nitrogen and oxygen atoms in total. The van der Waals surface area contributed by atoms with Gasteiger partial charge >= 0.3 is 0 Å². The summed E-state index contributed by atoms with van der Waals surface area (Å²) in [5, 5.41) is 9.75. The van der Waals surface area contributed by atoms with E-state index < -0.39 is 0 Å². The predicted molar refractivity (Wildman–Crippen MR) is 34.5 cm³/mol. The molecule has 0 fully saturated rings. The maximum atomic E-state index is 7.00. The fourth-order valence-corrected chi connectivity index (χ4v) is 0. The maximum absolute atomic E-state index is 7.00. The van der Waals surface area contributed by atoms with E-state index in [1.807, 2.05) is 27.9 Å². The van der Waals surface area contributed by atoms with Gasteiger partial charge in [0.05, 0.1) is 0 Å². The van der Waals surface area contributed by atoms with Crippen molar-refractivity contribution in [1.29, 1.82) is 0 Å². The van der Waals surface area contributed by atoms with Crippen LogP contribution in [0.5, 0.6) is 0 Å². The van der Waals surface area contributed by atoms with Crippen molar-refractivity contribution in [3.8, 4) is 0 Å². The topological polar surface area (TPSA) is 32.3 Å². The first-order chi connectivity index (χ1) is 3.41. The Morgan fingerprint density at radius 1 is 1.00 bits per heavy atom. The van der Waals surface area contributed by atoms with Crippen molar-refractivity contribution in [1.82, 2.24) is 5.32 Å². The molecular weight excluding hydrogens is 90.1 g/mol. The Bertz CT molecular complexity index is 8.04. The van der Waals surface area contributed by atoms with Gasteiger partial charge in [-0.05, 0) is 14.1 Å². The van der Waals surface area contributed by atoms with E-state index >= 15 is 0 Å². The zero-order valence-corrected chi connectivity index (χ0v) is 5.95. The van der Waals surface area contributed by atoms with E-state index in [2.05, 4.69) is 5.32 Å². The van der Waals surface area contributed by atoms with Crippen LogP contribution in [-0.4, -0.2) is 26.3 Å². The van der Waals surface area contributed by atoms with E-state index in [1.54, 1.807) is 0 Å². The second-order valence-electron chi connectivity index (χ2n) is 0.500. The molecule has 2 N–H and O–H groups in total. The van der Waals surface area contributed by atoms with Crippen LogP contribution >= 0.6 is 0 Å². The Morgan fingerprint density at radius 3 is 1.00 bits per heavy atom. The number of hydrogen-bond donors (Lipinski definition) is 2. The van der Waals surface area contributed by atoms with Crippen LogP contribution in [0, 0.1) is 0 Å². The Morgan fingerprint density at radius 2 is 1.00 bits per heavy atom. The fraction of sp³-hybridized carbons (Fsp3) is 1.00. The minimum Gasteiger partial charge on any atom is -0.400 e. The Hall–Kier alpha value is -0.0800. The second-order valence-corrected chi connectivity index (χ2v) is 0.500. The summed E-state index contributed by atoms with van der Waals surface area (Å²) in [6, 6.07) is 0. The number of rotatable bonds is 0. The lowest BCUT2D eigenvalue weighted by molar-refractivity contribution is 0.399. The number of hydrogen-bond acceptors (Lipinski definition) is 2. The van der Waals surface area contributed by atoms with Crippen LogP contribution in [0.4, 0.5) is 0 Å². The molecule has 0 aliphatic rings. The van der Waals surface area contributed by atoms with E-state index in [-0.39, 0.29) is 0 Å². The first-order valence-electron chi connectivity index (χ1n) is 2.45. The minimum atomic E-state index is 1.00. The molecular formula is C5H17NO. The van der Waals surface area contributed by atoms with Gasteiger partial charge in [-0.15, -0.1) is 0 Å². The van der Waals surface area contributed by atoms with Gasteiger partial charge in [-0.3, -0.25) is 0 Å². The summed E-state index contributed by atoms with van der Waals surface area (Å²) in [5.74, 6) is 0. The summed E-state index contributed by atoms with van der Waals surface area (Å²) in [6.45, 7) is 4.00. The van der Waals surface area contributed by atoms with Crippen LogP contribution in [0.15, 0.2) is 0 Å². The molecule has 0 radical (unpaired) electrons. The van der Waals surface area contributed by atoms with Crippen LogP contribution in [0.2, 0.25) is 0 Å². The highest BCUT2D eigenvalue weighted by Crippen LogP contribution is 1.14. The van der Waals surface area contributed by atoms with Crippen LogP contribution in [0.25, 0.3) is 0 Å². The first-order valence-corrected chi connectivity index (χ1v) is 2.45. The third-order valence-electron chi connectivity index (χ3n) is 0. The molecule has 0 atom stereocenters. The Kier molecular flexibility index (Phi) is 382. The molecule has 0 spiro atoms. The molecule has 0 saturated carbocycles. The van der Waals surface area contributed by atoms with Crippen molar-refractivity contribution in [2.45, 2.75) is 13.8 Å². The third kappa shape index (κ3) is 14200. The lowest BCUT2D eigenvalue weighted by Crippen LogP contribution is -1.89. The average Bonchev–Trinajstić information content (AvgIpc) is 1.78. The van der Waals surface area contributed by atoms with E-state index in [9.17, 15) is 0 Å². The summed E-state index contributed by atoms with van der Waals surface area (Å²) in [6.07, 6.45) is 0. The summed E-state index contributed by atoms with van der Waals surface area (Å²) < 4.78 is 0. The van der Waals surface area contributed by atoms with Crippen LogP contribution in [0.3, 0.4) is 0 Å². The predicted octanol–water partition coefficient (Wildman–Crippen LogP) is 0.470. The van der Waals surface area contributed by atoms with Gasteiger partial charge in [-0.25, -0.2) is 0 Å². The van der Waals surface area contributed by atoms with Gasteiger partial charge in [0.15, 0.2) is 0 Å². The van der Waals surface area contributed by atoms with Gasteiger partial charge in [0.2, 0.25) is 0 Å².